The van der Waals surface area contributed by atoms with Crippen molar-refractivity contribution in [3.63, 3.8) is 0 Å². The quantitative estimate of drug-likeness (QED) is 0.922. The number of nitrogens with zero attached hydrogens (tertiary/aromatic N) is 3. The van der Waals surface area contributed by atoms with Gasteiger partial charge in [-0.05, 0) is 43.3 Å². The summed E-state index contributed by atoms with van der Waals surface area (Å²) in [5.74, 6) is -0.266. The molecular formula is C17H14N4OS. The smallest absolute Gasteiger partial charge is 0.256 e. The fraction of sp³-hybridized carbons (Fsp3) is 0.235. The van der Waals surface area contributed by atoms with E-state index >= 15 is 0 Å². The van der Waals surface area contributed by atoms with Crippen molar-refractivity contribution >= 4 is 22.2 Å². The molecule has 0 saturated heterocycles. The number of nitriles is 2. The number of fused-ring (bicyclic) bond motifs is 1. The van der Waals surface area contributed by atoms with Crippen LogP contribution in [-0.4, -0.2) is 24.4 Å². The van der Waals surface area contributed by atoms with Gasteiger partial charge in [0.2, 0.25) is 0 Å². The first kappa shape index (κ1) is 15.2. The molecule has 1 amide bonds. The molecule has 0 aliphatic carbocycles. The minimum absolute atomic E-state index is 0.266. The van der Waals surface area contributed by atoms with E-state index in [1.54, 1.807) is 24.3 Å². The first-order valence-electron chi connectivity index (χ1n) is 7.17. The van der Waals surface area contributed by atoms with Crippen LogP contribution in [0.3, 0.4) is 0 Å². The van der Waals surface area contributed by atoms with E-state index in [0.29, 0.717) is 21.7 Å². The third kappa shape index (κ3) is 2.95. The molecule has 2 aromatic rings. The Morgan fingerprint density at radius 2 is 2.00 bits per heavy atom. The predicted octanol–water partition coefficient (Wildman–Crippen LogP) is 2.73. The number of benzene rings is 1. The van der Waals surface area contributed by atoms with Gasteiger partial charge in [0.25, 0.3) is 5.91 Å². The molecule has 1 N–H and O–H groups in total. The van der Waals surface area contributed by atoms with E-state index in [-0.39, 0.29) is 5.91 Å². The minimum Gasteiger partial charge on any atom is -0.312 e. The summed E-state index contributed by atoms with van der Waals surface area (Å²) in [5.41, 5.74) is 2.62. The van der Waals surface area contributed by atoms with Gasteiger partial charge in [0.1, 0.15) is 11.1 Å². The van der Waals surface area contributed by atoms with Crippen molar-refractivity contribution in [2.45, 2.75) is 13.0 Å². The molecule has 0 atom stereocenters. The normalized spacial score (nSPS) is 13.7. The molecule has 6 heteroatoms. The Bertz CT molecular complexity index is 839. The fourth-order valence-electron chi connectivity index (χ4n) is 2.61. The lowest BCUT2D eigenvalue weighted by atomic mass is 10.0. The number of amides is 1. The maximum Gasteiger partial charge on any atom is 0.256 e. The average molecular weight is 322 g/mol. The number of rotatable bonds is 2. The highest BCUT2D eigenvalue weighted by Gasteiger charge is 2.23. The molecule has 0 saturated carbocycles. The highest BCUT2D eigenvalue weighted by Crippen LogP contribution is 2.36. The van der Waals surface area contributed by atoms with Crippen LogP contribution in [0.2, 0.25) is 0 Å². The van der Waals surface area contributed by atoms with Crippen molar-refractivity contribution in [1.82, 2.24) is 4.90 Å². The van der Waals surface area contributed by atoms with E-state index in [1.807, 2.05) is 13.1 Å². The zero-order valence-corrected chi connectivity index (χ0v) is 13.4. The van der Waals surface area contributed by atoms with Crippen LogP contribution in [0.15, 0.2) is 24.3 Å². The van der Waals surface area contributed by atoms with Gasteiger partial charge in [-0.3, -0.25) is 4.79 Å². The lowest BCUT2D eigenvalue weighted by Crippen LogP contribution is -2.25. The first-order valence-corrected chi connectivity index (χ1v) is 7.98. The topological polar surface area (TPSA) is 79.9 Å². The van der Waals surface area contributed by atoms with Crippen LogP contribution in [0.25, 0.3) is 0 Å². The van der Waals surface area contributed by atoms with Crippen molar-refractivity contribution in [3.8, 4) is 12.1 Å². The lowest BCUT2D eigenvalue weighted by molar-refractivity contribution is 0.102. The Balaban J connectivity index is 1.86. The second-order valence-corrected chi connectivity index (χ2v) is 6.56. The van der Waals surface area contributed by atoms with Crippen LogP contribution in [0.5, 0.6) is 0 Å². The summed E-state index contributed by atoms with van der Waals surface area (Å²) >= 11 is 1.47. The standard InChI is InChI=1S/C17H14N4OS/c1-21-7-6-13-14(9-19)17(23-15(13)10-21)20-16(22)12-4-2-11(8-18)3-5-12/h2-5H,6-7,10H2,1H3,(H,20,22). The van der Waals surface area contributed by atoms with Crippen molar-refractivity contribution in [1.29, 1.82) is 10.5 Å². The van der Waals surface area contributed by atoms with Crippen LogP contribution < -0.4 is 5.32 Å². The van der Waals surface area contributed by atoms with Crippen LogP contribution in [0.4, 0.5) is 5.00 Å². The molecule has 1 aliphatic rings. The van der Waals surface area contributed by atoms with E-state index in [4.69, 9.17) is 5.26 Å². The Hall–Kier alpha value is -2.67. The van der Waals surface area contributed by atoms with Crippen LogP contribution >= 0.6 is 11.3 Å². The Kier molecular flexibility index (Phi) is 4.12. The summed E-state index contributed by atoms with van der Waals surface area (Å²) in [4.78, 5) is 15.7. The summed E-state index contributed by atoms with van der Waals surface area (Å²) in [7, 11) is 2.05. The Labute approximate surface area is 138 Å². The van der Waals surface area contributed by atoms with Crippen molar-refractivity contribution < 1.29 is 4.79 Å². The molecule has 0 unspecified atom stereocenters. The molecule has 1 aromatic heterocycles. The van der Waals surface area contributed by atoms with E-state index < -0.39 is 0 Å². The SMILES string of the molecule is CN1CCc2c(sc(NC(=O)c3ccc(C#N)cc3)c2C#N)C1. The van der Waals surface area contributed by atoms with E-state index in [1.165, 1.54) is 11.3 Å². The number of thiophene rings is 1. The molecule has 0 spiro atoms. The third-order valence-corrected chi connectivity index (χ3v) is 4.99. The fourth-order valence-corrected chi connectivity index (χ4v) is 3.88. The zero-order valence-electron chi connectivity index (χ0n) is 12.6. The molecular weight excluding hydrogens is 308 g/mol. The van der Waals surface area contributed by atoms with Crippen molar-refractivity contribution in [2.24, 2.45) is 0 Å². The number of carbonyl (C=O) groups excluding carboxylic acids is 1. The molecule has 0 fully saturated rings. The highest BCUT2D eigenvalue weighted by molar-refractivity contribution is 7.16. The van der Waals surface area contributed by atoms with Gasteiger partial charge in [0.05, 0.1) is 17.2 Å². The summed E-state index contributed by atoms with van der Waals surface area (Å²) in [6, 6.07) is 10.7. The van der Waals surface area contributed by atoms with Crippen molar-refractivity contribution in [2.75, 3.05) is 18.9 Å². The van der Waals surface area contributed by atoms with Gasteiger partial charge in [0, 0.05) is 23.5 Å². The lowest BCUT2D eigenvalue weighted by Gasteiger charge is -2.21. The summed E-state index contributed by atoms with van der Waals surface area (Å²) in [5, 5.41) is 21.7. The molecule has 0 radical (unpaired) electrons. The minimum atomic E-state index is -0.266. The second kappa shape index (κ2) is 6.21. The second-order valence-electron chi connectivity index (χ2n) is 5.45. The maximum absolute atomic E-state index is 12.4. The van der Waals surface area contributed by atoms with Crippen molar-refractivity contribution in [3.05, 3.63) is 51.4 Å². The number of hydrogen-bond acceptors (Lipinski definition) is 5. The summed E-state index contributed by atoms with van der Waals surface area (Å²) in [6.07, 6.45) is 0.831. The van der Waals surface area contributed by atoms with E-state index in [9.17, 15) is 10.1 Å². The highest BCUT2D eigenvalue weighted by atomic mass is 32.1. The van der Waals surface area contributed by atoms with Gasteiger partial charge >= 0.3 is 0 Å². The molecule has 1 aromatic carbocycles. The molecule has 0 bridgehead atoms. The molecule has 114 valence electrons. The van der Waals surface area contributed by atoms with Gasteiger partial charge < -0.3 is 10.2 Å². The third-order valence-electron chi connectivity index (χ3n) is 3.86. The largest absolute Gasteiger partial charge is 0.312 e. The first-order chi connectivity index (χ1) is 11.1. The van der Waals surface area contributed by atoms with Crippen LogP contribution in [0, 0.1) is 22.7 Å². The molecule has 23 heavy (non-hydrogen) atoms. The Morgan fingerprint density at radius 1 is 1.26 bits per heavy atom. The Morgan fingerprint density at radius 3 is 2.65 bits per heavy atom. The maximum atomic E-state index is 12.4. The number of likely N-dealkylation sites (N-methyl/N-ethyl adjacent to an activating group) is 1. The number of anilines is 1. The van der Waals surface area contributed by atoms with Gasteiger partial charge in [-0.1, -0.05) is 0 Å². The molecule has 3 rings (SSSR count). The monoisotopic (exact) mass is 322 g/mol. The average Bonchev–Trinajstić information content (AvgIpc) is 2.90. The van der Waals surface area contributed by atoms with Crippen LogP contribution in [-0.2, 0) is 13.0 Å². The zero-order chi connectivity index (χ0) is 16.4. The van der Waals surface area contributed by atoms with Crippen LogP contribution in [0.1, 0.15) is 31.9 Å². The van der Waals surface area contributed by atoms with E-state index in [0.717, 1.165) is 30.0 Å². The van der Waals surface area contributed by atoms with Gasteiger partial charge in [-0.2, -0.15) is 10.5 Å². The summed E-state index contributed by atoms with van der Waals surface area (Å²) in [6.45, 7) is 1.73. The molecule has 2 heterocycles. The van der Waals surface area contributed by atoms with Gasteiger partial charge in [-0.25, -0.2) is 0 Å². The predicted molar refractivity (Wildman–Crippen MR) is 88.2 cm³/mol. The number of carbonyl (C=O) groups is 1. The van der Waals surface area contributed by atoms with E-state index in [2.05, 4.69) is 16.3 Å². The number of hydrogen-bond donors (Lipinski definition) is 1. The molecule has 1 aliphatic heterocycles. The van der Waals surface area contributed by atoms with Gasteiger partial charge in [-0.15, -0.1) is 11.3 Å². The van der Waals surface area contributed by atoms with Gasteiger partial charge in [0.15, 0.2) is 0 Å². The number of nitrogens with one attached hydrogen (secondary N) is 1. The molecule has 5 nitrogen and oxygen atoms in total. The summed E-state index contributed by atoms with van der Waals surface area (Å²) < 4.78 is 0.